The molecule has 0 saturated carbocycles. The first kappa shape index (κ1) is 11.4. The molecule has 0 aliphatic carbocycles. The number of anilines is 2. The Morgan fingerprint density at radius 3 is 2.71 bits per heavy atom. The number of nitrogens with two attached hydrogens (primary N) is 1. The van der Waals surface area contributed by atoms with Crippen molar-refractivity contribution in [1.29, 1.82) is 0 Å². The molecule has 2 rings (SSSR count). The largest absolute Gasteiger partial charge is 0.384 e. The summed E-state index contributed by atoms with van der Waals surface area (Å²) >= 11 is 0. The fraction of sp³-hybridized carbons (Fsp3) is 0.333. The first-order valence-corrected chi connectivity index (χ1v) is 5.58. The fourth-order valence-corrected chi connectivity index (χ4v) is 1.95. The first-order valence-electron chi connectivity index (χ1n) is 5.58. The van der Waals surface area contributed by atoms with E-state index in [-0.39, 0.29) is 5.91 Å². The molecule has 0 atom stereocenters. The van der Waals surface area contributed by atoms with E-state index >= 15 is 0 Å². The Balaban J connectivity index is 1.99. The Morgan fingerprint density at radius 2 is 2.12 bits per heavy atom. The van der Waals surface area contributed by atoms with E-state index in [0.29, 0.717) is 18.9 Å². The van der Waals surface area contributed by atoms with Crippen molar-refractivity contribution >= 4 is 17.4 Å². The second-order valence-electron chi connectivity index (χ2n) is 3.96. The van der Waals surface area contributed by atoms with Gasteiger partial charge in [-0.15, -0.1) is 0 Å². The Morgan fingerprint density at radius 1 is 1.41 bits per heavy atom. The predicted octanol–water partition coefficient (Wildman–Crippen LogP) is 0.498. The van der Waals surface area contributed by atoms with Gasteiger partial charge in [-0.3, -0.25) is 4.79 Å². The summed E-state index contributed by atoms with van der Waals surface area (Å²) in [7, 11) is 0. The lowest BCUT2D eigenvalue weighted by molar-refractivity contribution is -0.126. The van der Waals surface area contributed by atoms with Gasteiger partial charge in [-0.1, -0.05) is 6.58 Å². The van der Waals surface area contributed by atoms with Crippen LogP contribution in [-0.2, 0) is 4.79 Å². The second kappa shape index (κ2) is 4.86. The fourth-order valence-electron chi connectivity index (χ4n) is 1.95. The highest BCUT2D eigenvalue weighted by Gasteiger charge is 2.19. The predicted molar refractivity (Wildman–Crippen MR) is 67.6 cm³/mol. The lowest BCUT2D eigenvalue weighted by Gasteiger charge is -2.35. The van der Waals surface area contributed by atoms with E-state index in [1.807, 2.05) is 12.1 Å². The van der Waals surface area contributed by atoms with Crippen molar-refractivity contribution in [2.45, 2.75) is 0 Å². The van der Waals surface area contributed by atoms with E-state index in [2.05, 4.69) is 16.5 Å². The van der Waals surface area contributed by atoms with Crippen molar-refractivity contribution in [3.05, 3.63) is 31.0 Å². The van der Waals surface area contributed by atoms with Crippen LogP contribution in [-0.4, -0.2) is 42.0 Å². The summed E-state index contributed by atoms with van der Waals surface area (Å²) in [4.78, 5) is 19.4. The van der Waals surface area contributed by atoms with Gasteiger partial charge in [-0.25, -0.2) is 4.98 Å². The molecule has 0 spiro atoms. The maximum Gasteiger partial charge on any atom is 0.246 e. The number of hydrogen-bond acceptors (Lipinski definition) is 4. The van der Waals surface area contributed by atoms with Crippen LogP contribution in [0.3, 0.4) is 0 Å². The molecule has 0 unspecified atom stereocenters. The van der Waals surface area contributed by atoms with E-state index in [4.69, 9.17) is 5.73 Å². The monoisotopic (exact) mass is 232 g/mol. The molecule has 0 bridgehead atoms. The van der Waals surface area contributed by atoms with Crippen LogP contribution in [0.25, 0.3) is 0 Å². The molecule has 1 aromatic rings. The third-order valence-electron chi connectivity index (χ3n) is 2.90. The SMILES string of the molecule is C=CC(=O)N1CCN(c2ccnc(N)c2)CC1. The number of carbonyl (C=O) groups excluding carboxylic acids is 1. The molecule has 2 N–H and O–H groups in total. The molecule has 1 fully saturated rings. The number of piperazine rings is 1. The lowest BCUT2D eigenvalue weighted by atomic mass is 10.2. The number of amides is 1. The third-order valence-corrected chi connectivity index (χ3v) is 2.90. The van der Waals surface area contributed by atoms with Crippen LogP contribution in [0.5, 0.6) is 0 Å². The van der Waals surface area contributed by atoms with Gasteiger partial charge >= 0.3 is 0 Å². The van der Waals surface area contributed by atoms with Crippen LogP contribution in [0.2, 0.25) is 0 Å². The number of rotatable bonds is 2. The summed E-state index contributed by atoms with van der Waals surface area (Å²) in [6.45, 7) is 6.54. The third kappa shape index (κ3) is 2.55. The normalized spacial score (nSPS) is 15.8. The van der Waals surface area contributed by atoms with Crippen LogP contribution >= 0.6 is 0 Å². The van der Waals surface area contributed by atoms with Gasteiger partial charge in [0.25, 0.3) is 0 Å². The minimum Gasteiger partial charge on any atom is -0.384 e. The van der Waals surface area contributed by atoms with Gasteiger partial charge in [0.1, 0.15) is 5.82 Å². The molecule has 1 aromatic heterocycles. The molecule has 1 amide bonds. The Hall–Kier alpha value is -2.04. The van der Waals surface area contributed by atoms with Crippen LogP contribution in [0.1, 0.15) is 0 Å². The van der Waals surface area contributed by atoms with E-state index in [1.54, 1.807) is 11.1 Å². The zero-order valence-corrected chi connectivity index (χ0v) is 9.67. The Labute approximate surface area is 101 Å². The van der Waals surface area contributed by atoms with Gasteiger partial charge in [0.05, 0.1) is 0 Å². The molecule has 1 saturated heterocycles. The van der Waals surface area contributed by atoms with Gasteiger partial charge in [-0.05, 0) is 12.1 Å². The summed E-state index contributed by atoms with van der Waals surface area (Å²) in [5, 5.41) is 0. The molecule has 5 heteroatoms. The number of pyridine rings is 1. The topological polar surface area (TPSA) is 62.5 Å². The molecular formula is C12H16N4O. The minimum atomic E-state index is -0.00103. The Kier molecular flexibility index (Phi) is 3.27. The van der Waals surface area contributed by atoms with Gasteiger partial charge in [0.2, 0.25) is 5.91 Å². The van der Waals surface area contributed by atoms with Crippen LogP contribution in [0.15, 0.2) is 31.0 Å². The summed E-state index contributed by atoms with van der Waals surface area (Å²) in [5.74, 6) is 0.519. The van der Waals surface area contributed by atoms with E-state index in [1.165, 1.54) is 6.08 Å². The standard InChI is InChI=1S/C12H16N4O/c1-2-12(17)16-7-5-15(6-8-16)10-3-4-14-11(13)9-10/h2-4,9H,1,5-8H2,(H2,13,14). The van der Waals surface area contributed by atoms with E-state index in [9.17, 15) is 4.79 Å². The highest BCUT2D eigenvalue weighted by molar-refractivity contribution is 5.87. The molecule has 1 aliphatic rings. The van der Waals surface area contributed by atoms with Crippen molar-refractivity contribution in [2.75, 3.05) is 36.8 Å². The first-order chi connectivity index (χ1) is 8.20. The van der Waals surface area contributed by atoms with Crippen LogP contribution in [0, 0.1) is 0 Å². The maximum absolute atomic E-state index is 11.4. The molecule has 90 valence electrons. The number of aromatic nitrogens is 1. The van der Waals surface area contributed by atoms with Crippen molar-refractivity contribution < 1.29 is 4.79 Å². The molecule has 2 heterocycles. The van der Waals surface area contributed by atoms with Crippen molar-refractivity contribution in [2.24, 2.45) is 0 Å². The summed E-state index contributed by atoms with van der Waals surface area (Å²) in [6, 6.07) is 3.78. The second-order valence-corrected chi connectivity index (χ2v) is 3.96. The molecule has 1 aliphatic heterocycles. The van der Waals surface area contributed by atoms with Crippen LogP contribution < -0.4 is 10.6 Å². The van der Waals surface area contributed by atoms with Crippen molar-refractivity contribution in [3.63, 3.8) is 0 Å². The molecule has 5 nitrogen and oxygen atoms in total. The highest BCUT2D eigenvalue weighted by Crippen LogP contribution is 2.17. The number of nitrogen functional groups attached to an aromatic ring is 1. The number of hydrogen-bond donors (Lipinski definition) is 1. The number of nitrogens with zero attached hydrogens (tertiary/aromatic N) is 3. The van der Waals surface area contributed by atoms with Crippen molar-refractivity contribution in [3.8, 4) is 0 Å². The van der Waals surface area contributed by atoms with Crippen LogP contribution in [0.4, 0.5) is 11.5 Å². The molecule has 17 heavy (non-hydrogen) atoms. The zero-order valence-electron chi connectivity index (χ0n) is 9.67. The zero-order chi connectivity index (χ0) is 12.3. The maximum atomic E-state index is 11.4. The Bertz CT molecular complexity index is 424. The summed E-state index contributed by atoms with van der Waals surface area (Å²) in [6.07, 6.45) is 3.06. The highest BCUT2D eigenvalue weighted by atomic mass is 16.2. The average Bonchev–Trinajstić information content (AvgIpc) is 2.38. The van der Waals surface area contributed by atoms with Crippen molar-refractivity contribution in [1.82, 2.24) is 9.88 Å². The van der Waals surface area contributed by atoms with Gasteiger partial charge in [-0.2, -0.15) is 0 Å². The van der Waals surface area contributed by atoms with E-state index < -0.39 is 0 Å². The summed E-state index contributed by atoms with van der Waals surface area (Å²) < 4.78 is 0. The van der Waals surface area contributed by atoms with Gasteiger partial charge in [0.15, 0.2) is 0 Å². The van der Waals surface area contributed by atoms with Gasteiger partial charge < -0.3 is 15.5 Å². The molecule has 0 radical (unpaired) electrons. The smallest absolute Gasteiger partial charge is 0.246 e. The lowest BCUT2D eigenvalue weighted by Crippen LogP contribution is -2.48. The molecular weight excluding hydrogens is 216 g/mol. The van der Waals surface area contributed by atoms with E-state index in [0.717, 1.165) is 18.8 Å². The quantitative estimate of drug-likeness (QED) is 0.754. The number of carbonyl (C=O) groups is 1. The van der Waals surface area contributed by atoms with Gasteiger partial charge in [0, 0.05) is 44.1 Å². The minimum absolute atomic E-state index is 0.00103. The molecule has 0 aromatic carbocycles. The summed E-state index contributed by atoms with van der Waals surface area (Å²) in [5.41, 5.74) is 6.71. The average molecular weight is 232 g/mol.